The summed E-state index contributed by atoms with van der Waals surface area (Å²) in [7, 11) is 0. The first-order valence-electron chi connectivity index (χ1n) is 6.48. The summed E-state index contributed by atoms with van der Waals surface area (Å²) in [6.45, 7) is 7.84. The summed E-state index contributed by atoms with van der Waals surface area (Å²) in [6, 6.07) is -0.120. The van der Waals surface area contributed by atoms with E-state index in [0.717, 1.165) is 6.42 Å². The van der Waals surface area contributed by atoms with Gasteiger partial charge in [-0.2, -0.15) is 4.98 Å². The highest BCUT2D eigenvalue weighted by Crippen LogP contribution is 2.20. The Morgan fingerprint density at radius 2 is 2.37 bits per heavy atom. The Hall–Kier alpha value is -1.63. The van der Waals surface area contributed by atoms with Crippen LogP contribution in [0.1, 0.15) is 32.0 Å². The van der Waals surface area contributed by atoms with Gasteiger partial charge in [-0.3, -0.25) is 0 Å². The van der Waals surface area contributed by atoms with E-state index in [1.54, 1.807) is 11.8 Å². The minimum absolute atomic E-state index is 0.120. The summed E-state index contributed by atoms with van der Waals surface area (Å²) in [6.07, 6.45) is 0.876. The van der Waals surface area contributed by atoms with Gasteiger partial charge in [-0.15, -0.1) is 0 Å². The molecule has 1 aromatic rings. The molecule has 7 nitrogen and oxygen atoms in total. The molecule has 1 fully saturated rings. The van der Waals surface area contributed by atoms with Crippen molar-refractivity contribution in [1.82, 2.24) is 20.4 Å². The number of ether oxygens (including phenoxy) is 1. The van der Waals surface area contributed by atoms with Gasteiger partial charge in [-0.05, 0) is 13.3 Å². The lowest BCUT2D eigenvalue weighted by atomic mass is 10.0. The number of carbonyl (C=O) groups excluding carboxylic acids is 1. The van der Waals surface area contributed by atoms with Crippen LogP contribution in [-0.2, 0) is 11.3 Å². The summed E-state index contributed by atoms with van der Waals surface area (Å²) in [5, 5.41) is 6.52. The van der Waals surface area contributed by atoms with Gasteiger partial charge in [-0.25, -0.2) is 4.79 Å². The first-order valence-corrected chi connectivity index (χ1v) is 6.48. The molecule has 2 rings (SSSR count). The molecule has 2 amide bonds. The number of nitrogens with zero attached hydrogens (tertiary/aromatic N) is 3. The molecule has 1 aliphatic rings. The van der Waals surface area contributed by atoms with Crippen molar-refractivity contribution in [2.75, 3.05) is 19.7 Å². The zero-order valence-electron chi connectivity index (χ0n) is 11.6. The predicted octanol–water partition coefficient (Wildman–Crippen LogP) is 1.09. The van der Waals surface area contributed by atoms with E-state index in [2.05, 4.69) is 22.4 Å². The molecule has 1 unspecified atom stereocenters. The molecule has 1 N–H and O–H groups in total. The molecule has 0 saturated carbocycles. The quantitative estimate of drug-likeness (QED) is 0.887. The molecular weight excluding hydrogens is 248 g/mol. The molecular formula is C12H20N4O3. The van der Waals surface area contributed by atoms with Crippen LogP contribution < -0.4 is 5.32 Å². The Labute approximate surface area is 112 Å². The lowest BCUT2D eigenvalue weighted by Crippen LogP contribution is -2.54. The Bertz CT molecular complexity index is 448. The molecule has 0 spiro atoms. The van der Waals surface area contributed by atoms with Gasteiger partial charge in [-0.1, -0.05) is 12.1 Å². The smallest absolute Gasteiger partial charge is 0.317 e. The first-order chi connectivity index (χ1) is 9.02. The van der Waals surface area contributed by atoms with Crippen LogP contribution in [0.2, 0.25) is 0 Å². The van der Waals surface area contributed by atoms with Crippen LogP contribution in [0.15, 0.2) is 4.52 Å². The Morgan fingerprint density at radius 3 is 3.00 bits per heavy atom. The molecule has 2 heterocycles. The molecule has 0 aromatic carbocycles. The van der Waals surface area contributed by atoms with Crippen molar-refractivity contribution < 1.29 is 14.1 Å². The number of rotatable bonds is 3. The number of hydrogen-bond acceptors (Lipinski definition) is 5. The second-order valence-electron chi connectivity index (χ2n) is 4.96. The second-order valence-corrected chi connectivity index (χ2v) is 4.96. The van der Waals surface area contributed by atoms with Crippen molar-refractivity contribution in [3.63, 3.8) is 0 Å². The average molecular weight is 268 g/mol. The fourth-order valence-electron chi connectivity index (χ4n) is 2.00. The Balaban J connectivity index is 1.86. The highest BCUT2D eigenvalue weighted by atomic mass is 16.5. The largest absolute Gasteiger partial charge is 0.372 e. The van der Waals surface area contributed by atoms with Crippen LogP contribution >= 0.6 is 0 Å². The monoisotopic (exact) mass is 268 g/mol. The van der Waals surface area contributed by atoms with Crippen LogP contribution in [-0.4, -0.2) is 46.4 Å². The number of morpholine rings is 1. The average Bonchev–Trinajstić information content (AvgIpc) is 2.82. The summed E-state index contributed by atoms with van der Waals surface area (Å²) in [4.78, 5) is 17.9. The van der Waals surface area contributed by atoms with Gasteiger partial charge in [0.2, 0.25) is 5.89 Å². The topological polar surface area (TPSA) is 80.5 Å². The number of aromatic nitrogens is 2. The number of amides is 2. The molecule has 0 bridgehead atoms. The van der Waals surface area contributed by atoms with Gasteiger partial charge in [0.25, 0.3) is 0 Å². The van der Waals surface area contributed by atoms with E-state index >= 15 is 0 Å². The van der Waals surface area contributed by atoms with Crippen LogP contribution in [0.3, 0.4) is 0 Å². The molecule has 1 atom stereocenters. The van der Waals surface area contributed by atoms with Crippen LogP contribution in [0.25, 0.3) is 0 Å². The van der Waals surface area contributed by atoms with Gasteiger partial charge in [0.05, 0.1) is 25.3 Å². The standard InChI is InChI=1S/C12H20N4O3/c1-4-12(3)8-16(5-6-18-12)11(17)13-7-10-14-9(2)19-15-10/h4-8H2,1-3H3,(H,13,17). The number of aryl methyl sites for hydroxylation is 1. The van der Waals surface area contributed by atoms with Crippen molar-refractivity contribution >= 4 is 6.03 Å². The predicted molar refractivity (Wildman–Crippen MR) is 67.5 cm³/mol. The summed E-state index contributed by atoms with van der Waals surface area (Å²) < 4.78 is 10.5. The SMILES string of the molecule is CCC1(C)CN(C(=O)NCc2noc(C)n2)CCO1. The third-order valence-electron chi connectivity index (χ3n) is 3.34. The van der Waals surface area contributed by atoms with Gasteiger partial charge in [0.1, 0.15) is 0 Å². The number of nitrogens with one attached hydrogen (secondary N) is 1. The number of hydrogen-bond donors (Lipinski definition) is 1. The van der Waals surface area contributed by atoms with Gasteiger partial charge in [0, 0.05) is 13.5 Å². The molecule has 0 aliphatic carbocycles. The van der Waals surface area contributed by atoms with Gasteiger partial charge < -0.3 is 19.5 Å². The summed E-state index contributed by atoms with van der Waals surface area (Å²) in [5.41, 5.74) is -0.252. The van der Waals surface area contributed by atoms with Crippen molar-refractivity contribution in [1.29, 1.82) is 0 Å². The van der Waals surface area contributed by atoms with E-state index in [1.807, 2.05) is 6.92 Å². The maximum absolute atomic E-state index is 12.1. The summed E-state index contributed by atoms with van der Waals surface area (Å²) >= 11 is 0. The Kier molecular flexibility index (Phi) is 4.04. The minimum atomic E-state index is -0.252. The summed E-state index contributed by atoms with van der Waals surface area (Å²) in [5.74, 6) is 0.978. The van der Waals surface area contributed by atoms with Crippen LogP contribution in [0.4, 0.5) is 4.79 Å². The van der Waals surface area contributed by atoms with Crippen LogP contribution in [0.5, 0.6) is 0 Å². The van der Waals surface area contributed by atoms with E-state index in [-0.39, 0.29) is 18.2 Å². The third-order valence-corrected chi connectivity index (χ3v) is 3.34. The van der Waals surface area contributed by atoms with Crippen molar-refractivity contribution in [2.45, 2.75) is 39.3 Å². The normalized spacial score (nSPS) is 23.4. The van der Waals surface area contributed by atoms with Gasteiger partial charge in [0.15, 0.2) is 5.82 Å². The molecule has 1 aliphatic heterocycles. The fourth-order valence-corrected chi connectivity index (χ4v) is 2.00. The second kappa shape index (κ2) is 5.56. The Morgan fingerprint density at radius 1 is 1.58 bits per heavy atom. The highest BCUT2D eigenvalue weighted by Gasteiger charge is 2.32. The van der Waals surface area contributed by atoms with Crippen molar-refractivity contribution in [2.24, 2.45) is 0 Å². The highest BCUT2D eigenvalue weighted by molar-refractivity contribution is 5.74. The molecule has 1 aromatic heterocycles. The van der Waals surface area contributed by atoms with Crippen molar-refractivity contribution in [3.8, 4) is 0 Å². The lowest BCUT2D eigenvalue weighted by molar-refractivity contribution is -0.0873. The molecule has 7 heteroatoms. The van der Waals surface area contributed by atoms with E-state index in [4.69, 9.17) is 9.26 Å². The number of urea groups is 1. The van der Waals surface area contributed by atoms with E-state index in [9.17, 15) is 4.79 Å². The molecule has 0 radical (unpaired) electrons. The zero-order chi connectivity index (χ0) is 13.9. The molecule has 1 saturated heterocycles. The van der Waals surface area contributed by atoms with Crippen molar-refractivity contribution in [3.05, 3.63) is 11.7 Å². The van der Waals surface area contributed by atoms with Crippen LogP contribution in [0, 0.1) is 6.92 Å². The third kappa shape index (κ3) is 3.44. The van der Waals surface area contributed by atoms with Gasteiger partial charge >= 0.3 is 6.03 Å². The minimum Gasteiger partial charge on any atom is -0.372 e. The zero-order valence-corrected chi connectivity index (χ0v) is 11.6. The first kappa shape index (κ1) is 13.8. The number of carbonyl (C=O) groups is 1. The van der Waals surface area contributed by atoms with E-state index in [1.165, 1.54) is 0 Å². The van der Waals surface area contributed by atoms with E-state index < -0.39 is 0 Å². The maximum atomic E-state index is 12.1. The lowest BCUT2D eigenvalue weighted by Gasteiger charge is -2.39. The van der Waals surface area contributed by atoms with E-state index in [0.29, 0.717) is 31.4 Å². The maximum Gasteiger partial charge on any atom is 0.317 e. The fraction of sp³-hybridized carbons (Fsp3) is 0.750. The molecule has 19 heavy (non-hydrogen) atoms. The molecule has 106 valence electrons.